The maximum Gasteiger partial charge on any atom is 0.416 e. The van der Waals surface area contributed by atoms with Crippen molar-refractivity contribution in [2.45, 2.75) is 25.4 Å². The predicted molar refractivity (Wildman–Crippen MR) is 127 cm³/mol. The molecule has 4 N–H and O–H groups in total. The number of pyridine rings is 1. The van der Waals surface area contributed by atoms with Crippen molar-refractivity contribution in [1.29, 1.82) is 0 Å². The normalized spacial score (nSPS) is 20.3. The van der Waals surface area contributed by atoms with Gasteiger partial charge in [-0.05, 0) is 59.4 Å². The lowest BCUT2D eigenvalue weighted by molar-refractivity contribution is -0.137. The van der Waals surface area contributed by atoms with E-state index in [1.54, 1.807) is 18.3 Å². The first-order valence-corrected chi connectivity index (χ1v) is 11.5. The molecule has 3 aromatic rings. The quantitative estimate of drug-likeness (QED) is 0.573. The van der Waals surface area contributed by atoms with Gasteiger partial charge in [-0.15, -0.1) is 0 Å². The van der Waals surface area contributed by atoms with Crippen molar-refractivity contribution < 1.29 is 22.8 Å². The number of nitrogens with zero attached hydrogens (tertiary/aromatic N) is 3. The molecule has 0 bridgehead atoms. The number of amides is 3. The zero-order chi connectivity index (χ0) is 25.7. The zero-order valence-electron chi connectivity index (χ0n) is 19.3. The summed E-state index contributed by atoms with van der Waals surface area (Å²) in [5.74, 6) is -0.577. The number of halogens is 3. The third kappa shape index (κ3) is 3.92. The number of benzene rings is 1. The summed E-state index contributed by atoms with van der Waals surface area (Å²) in [4.78, 5) is 31.0. The van der Waals surface area contributed by atoms with Crippen molar-refractivity contribution in [2.75, 3.05) is 13.1 Å². The number of rotatable bonds is 4. The number of urea groups is 1. The number of aromatic nitrogens is 2. The van der Waals surface area contributed by atoms with E-state index in [0.717, 1.165) is 23.4 Å². The average Bonchev–Trinajstić information content (AvgIpc) is 3.26. The maximum absolute atomic E-state index is 13.4. The number of allylic oxidation sites excluding steroid dienone is 2. The molecule has 186 valence electrons. The van der Waals surface area contributed by atoms with Gasteiger partial charge in [-0.2, -0.15) is 13.2 Å². The first-order chi connectivity index (χ1) is 17.1. The molecule has 1 aliphatic heterocycles. The molecule has 36 heavy (non-hydrogen) atoms. The second kappa shape index (κ2) is 8.54. The Morgan fingerprint density at radius 1 is 1.11 bits per heavy atom. The predicted octanol–water partition coefficient (Wildman–Crippen LogP) is 3.94. The number of imidazole rings is 1. The van der Waals surface area contributed by atoms with Crippen LogP contribution in [0.4, 0.5) is 18.0 Å². The summed E-state index contributed by atoms with van der Waals surface area (Å²) in [7, 11) is 0. The lowest BCUT2D eigenvalue weighted by Gasteiger charge is -2.43. The molecule has 5 rings (SSSR count). The third-order valence-electron chi connectivity index (χ3n) is 7.16. The monoisotopic (exact) mass is 495 g/mol. The Kier molecular flexibility index (Phi) is 5.61. The fraction of sp³-hybridized carbons (Fsp3) is 0.269. The number of carbonyl (C=O) groups excluding carboxylic acids is 2. The second-order valence-electron chi connectivity index (χ2n) is 9.17. The molecule has 7 nitrogen and oxygen atoms in total. The molecule has 0 saturated heterocycles. The van der Waals surface area contributed by atoms with Gasteiger partial charge < -0.3 is 20.8 Å². The van der Waals surface area contributed by atoms with Gasteiger partial charge in [0.15, 0.2) is 0 Å². The molecular formula is C26H24F3N5O2. The highest BCUT2D eigenvalue weighted by Crippen LogP contribution is 2.48. The summed E-state index contributed by atoms with van der Waals surface area (Å²) in [6.07, 6.45) is 1.54. The summed E-state index contributed by atoms with van der Waals surface area (Å²) in [6.45, 7) is 0.357. The fourth-order valence-corrected chi connectivity index (χ4v) is 5.31. The highest BCUT2D eigenvalue weighted by atomic mass is 19.4. The van der Waals surface area contributed by atoms with Gasteiger partial charge in [0, 0.05) is 37.6 Å². The molecule has 1 aromatic carbocycles. The van der Waals surface area contributed by atoms with Crippen molar-refractivity contribution in [3.8, 4) is 0 Å². The summed E-state index contributed by atoms with van der Waals surface area (Å²) in [5, 5.41) is 0. The number of primary amides is 2. The van der Waals surface area contributed by atoms with Crippen molar-refractivity contribution in [2.24, 2.45) is 16.9 Å². The van der Waals surface area contributed by atoms with E-state index in [0.29, 0.717) is 28.8 Å². The van der Waals surface area contributed by atoms with Crippen LogP contribution in [0.2, 0.25) is 0 Å². The van der Waals surface area contributed by atoms with Crippen LogP contribution in [0, 0.1) is 5.41 Å². The summed E-state index contributed by atoms with van der Waals surface area (Å²) in [5.41, 5.74) is 13.5. The van der Waals surface area contributed by atoms with Gasteiger partial charge in [-0.25, -0.2) is 9.78 Å². The Bertz CT molecular complexity index is 1440. The molecule has 0 radical (unpaired) electrons. The van der Waals surface area contributed by atoms with Gasteiger partial charge in [0.1, 0.15) is 5.65 Å². The van der Waals surface area contributed by atoms with Gasteiger partial charge in [0.2, 0.25) is 5.91 Å². The molecule has 1 unspecified atom stereocenters. The summed E-state index contributed by atoms with van der Waals surface area (Å²) >= 11 is 0. The molecule has 0 saturated carbocycles. The summed E-state index contributed by atoms with van der Waals surface area (Å²) < 4.78 is 42.1. The van der Waals surface area contributed by atoms with Crippen LogP contribution in [0.5, 0.6) is 0 Å². The first-order valence-electron chi connectivity index (χ1n) is 11.5. The van der Waals surface area contributed by atoms with Crippen molar-refractivity contribution in [3.05, 3.63) is 88.9 Å². The second-order valence-corrected chi connectivity index (χ2v) is 9.17. The van der Waals surface area contributed by atoms with E-state index in [-0.39, 0.29) is 25.9 Å². The van der Waals surface area contributed by atoms with Crippen LogP contribution in [-0.4, -0.2) is 39.3 Å². The van der Waals surface area contributed by atoms with Crippen LogP contribution in [0.25, 0.3) is 11.2 Å². The van der Waals surface area contributed by atoms with Crippen molar-refractivity contribution in [3.63, 3.8) is 0 Å². The van der Waals surface area contributed by atoms with Gasteiger partial charge in [-0.1, -0.05) is 24.3 Å². The minimum absolute atomic E-state index is 0.0701. The number of fused-ring (bicyclic) bond motifs is 1. The third-order valence-corrected chi connectivity index (χ3v) is 7.16. The van der Waals surface area contributed by atoms with E-state index < -0.39 is 29.1 Å². The summed E-state index contributed by atoms with van der Waals surface area (Å²) in [6, 6.07) is 10.0. The smallest absolute Gasteiger partial charge is 0.369 e. The van der Waals surface area contributed by atoms with Crippen LogP contribution in [0.1, 0.15) is 29.7 Å². The van der Waals surface area contributed by atoms with Crippen LogP contribution < -0.4 is 11.5 Å². The average molecular weight is 496 g/mol. The molecule has 0 fully saturated rings. The minimum Gasteiger partial charge on any atom is -0.369 e. The van der Waals surface area contributed by atoms with E-state index in [9.17, 15) is 22.8 Å². The molecule has 0 spiro atoms. The number of nitrogens with two attached hydrogens (primary N) is 2. The van der Waals surface area contributed by atoms with Crippen LogP contribution in [0.15, 0.2) is 72.1 Å². The topological polar surface area (TPSA) is 107 Å². The number of alkyl halides is 3. The van der Waals surface area contributed by atoms with E-state index in [4.69, 9.17) is 11.5 Å². The minimum atomic E-state index is -4.49. The Morgan fingerprint density at radius 3 is 2.64 bits per heavy atom. The maximum atomic E-state index is 13.4. The lowest BCUT2D eigenvalue weighted by atomic mass is 9.65. The fourth-order valence-electron chi connectivity index (χ4n) is 5.31. The standard InChI is InChI=1S/C26H24F3N5O2/c27-26(28,29)17-5-3-4-16(12-17)19-7-9-25(23(30)35,21-15-33(24(31)36)11-8-20(19)21)13-18-14-32-22-6-1-2-10-34(18)22/h1-7,10,12,14H,8-9,11,13,15H2,(H2,30,35)(H2,31,36). The molecule has 10 heteroatoms. The van der Waals surface area contributed by atoms with Gasteiger partial charge in [-0.3, -0.25) is 4.79 Å². The highest BCUT2D eigenvalue weighted by Gasteiger charge is 2.46. The molecule has 3 amide bonds. The van der Waals surface area contributed by atoms with Gasteiger partial charge in [0.25, 0.3) is 0 Å². The molecule has 2 aromatic heterocycles. The number of hydrogen-bond donors (Lipinski definition) is 2. The Balaban J connectivity index is 1.65. The van der Waals surface area contributed by atoms with Crippen molar-refractivity contribution >= 4 is 23.2 Å². The Morgan fingerprint density at radius 2 is 1.92 bits per heavy atom. The van der Waals surface area contributed by atoms with Crippen LogP contribution in [0.3, 0.4) is 0 Å². The largest absolute Gasteiger partial charge is 0.416 e. The van der Waals surface area contributed by atoms with E-state index in [1.165, 1.54) is 11.0 Å². The SMILES string of the molecule is NC(=O)N1CCC2=C(C1)C(Cc1cnc3ccccn13)(C(N)=O)CC=C2c1cccc(C(F)(F)F)c1. The number of carbonyl (C=O) groups is 2. The van der Waals surface area contributed by atoms with E-state index in [2.05, 4.69) is 4.98 Å². The molecule has 3 heterocycles. The van der Waals surface area contributed by atoms with Crippen LogP contribution in [-0.2, 0) is 17.4 Å². The molecule has 2 aliphatic rings. The van der Waals surface area contributed by atoms with E-state index in [1.807, 2.05) is 28.8 Å². The van der Waals surface area contributed by atoms with E-state index >= 15 is 0 Å². The van der Waals surface area contributed by atoms with Gasteiger partial charge >= 0.3 is 12.2 Å². The van der Waals surface area contributed by atoms with Crippen molar-refractivity contribution in [1.82, 2.24) is 14.3 Å². The lowest BCUT2D eigenvalue weighted by Crippen LogP contribution is -2.50. The molecular weight excluding hydrogens is 471 g/mol. The Hall–Kier alpha value is -4.08. The zero-order valence-corrected chi connectivity index (χ0v) is 19.3. The highest BCUT2D eigenvalue weighted by molar-refractivity contribution is 5.92. The van der Waals surface area contributed by atoms with Gasteiger partial charge in [0.05, 0.1) is 11.0 Å². The molecule has 1 aliphatic carbocycles. The van der Waals surface area contributed by atoms with Crippen LogP contribution >= 0.6 is 0 Å². The Labute approximate surface area is 204 Å². The number of hydrogen-bond acceptors (Lipinski definition) is 3. The first kappa shape index (κ1) is 23.7. The molecule has 1 atom stereocenters.